The molecule has 0 spiro atoms. The van der Waals surface area contributed by atoms with Gasteiger partial charge in [-0.2, -0.15) is 5.10 Å². The second-order valence-electron chi connectivity index (χ2n) is 7.07. The molecule has 5 aromatic rings. The Bertz CT molecular complexity index is 1390. The van der Waals surface area contributed by atoms with Crippen molar-refractivity contribution in [2.75, 3.05) is 6.54 Å². The first kappa shape index (κ1) is 18.9. The van der Waals surface area contributed by atoms with Gasteiger partial charge in [0, 0.05) is 28.9 Å². The second-order valence-corrected chi connectivity index (χ2v) is 7.07. The lowest BCUT2D eigenvalue weighted by Gasteiger charge is -2.05. The summed E-state index contributed by atoms with van der Waals surface area (Å²) in [4.78, 5) is 20.2. The Morgan fingerprint density at radius 3 is 2.74 bits per heavy atom. The molecule has 0 saturated heterocycles. The third-order valence-corrected chi connectivity index (χ3v) is 5.10. The number of halogens is 2. The van der Waals surface area contributed by atoms with Gasteiger partial charge in [-0.1, -0.05) is 30.3 Å². The highest BCUT2D eigenvalue weighted by molar-refractivity contribution is 6.02. The van der Waals surface area contributed by atoms with E-state index < -0.39 is 18.9 Å². The molecule has 1 amide bonds. The number of hydrogen-bond acceptors (Lipinski definition) is 3. The van der Waals surface area contributed by atoms with Gasteiger partial charge in [0.15, 0.2) is 0 Å². The molecule has 1 aromatic carbocycles. The van der Waals surface area contributed by atoms with Crippen molar-refractivity contribution < 1.29 is 13.6 Å². The predicted octanol–water partition coefficient (Wildman–Crippen LogP) is 4.54. The molecule has 2 N–H and O–H groups in total. The summed E-state index contributed by atoms with van der Waals surface area (Å²) in [6.07, 6.45) is 2.37. The molecule has 0 aliphatic heterocycles. The molecule has 0 fully saturated rings. The second kappa shape index (κ2) is 7.64. The number of aromatic amines is 1. The molecule has 6 nitrogen and oxygen atoms in total. The van der Waals surface area contributed by atoms with Gasteiger partial charge in [-0.25, -0.2) is 18.3 Å². The third kappa shape index (κ3) is 3.52. The average molecular weight is 417 g/mol. The van der Waals surface area contributed by atoms with Crippen molar-refractivity contribution in [1.82, 2.24) is 24.9 Å². The fourth-order valence-electron chi connectivity index (χ4n) is 3.60. The smallest absolute Gasteiger partial charge is 0.255 e. The summed E-state index contributed by atoms with van der Waals surface area (Å²) in [7, 11) is 0. The Kier molecular flexibility index (Phi) is 4.66. The Balaban J connectivity index is 1.53. The van der Waals surface area contributed by atoms with E-state index in [1.807, 2.05) is 60.8 Å². The van der Waals surface area contributed by atoms with Gasteiger partial charge in [0.2, 0.25) is 0 Å². The number of alkyl halides is 2. The molecule has 31 heavy (non-hydrogen) atoms. The minimum Gasteiger partial charge on any atom is -0.346 e. The van der Waals surface area contributed by atoms with Gasteiger partial charge in [0.05, 0.1) is 29.5 Å². The van der Waals surface area contributed by atoms with E-state index in [9.17, 15) is 13.6 Å². The van der Waals surface area contributed by atoms with Crippen LogP contribution in [0.5, 0.6) is 0 Å². The maximum Gasteiger partial charge on any atom is 0.255 e. The van der Waals surface area contributed by atoms with Crippen LogP contribution in [0.1, 0.15) is 10.4 Å². The van der Waals surface area contributed by atoms with Crippen molar-refractivity contribution in [3.8, 4) is 22.4 Å². The first-order valence-electron chi connectivity index (χ1n) is 9.68. The van der Waals surface area contributed by atoms with Gasteiger partial charge in [-0.3, -0.25) is 4.79 Å². The quantitative estimate of drug-likeness (QED) is 0.441. The van der Waals surface area contributed by atoms with Crippen molar-refractivity contribution in [2.45, 2.75) is 6.43 Å². The van der Waals surface area contributed by atoms with Crippen LogP contribution in [-0.4, -0.2) is 38.5 Å². The summed E-state index contributed by atoms with van der Waals surface area (Å²) in [5.41, 5.74) is 5.20. The van der Waals surface area contributed by atoms with E-state index >= 15 is 0 Å². The van der Waals surface area contributed by atoms with Crippen LogP contribution in [0, 0.1) is 0 Å². The number of carbonyl (C=O) groups is 1. The van der Waals surface area contributed by atoms with E-state index in [4.69, 9.17) is 4.98 Å². The van der Waals surface area contributed by atoms with Crippen molar-refractivity contribution in [3.63, 3.8) is 0 Å². The van der Waals surface area contributed by atoms with E-state index in [2.05, 4.69) is 15.4 Å². The number of aromatic nitrogens is 4. The number of nitrogens with one attached hydrogen (secondary N) is 2. The molecule has 4 aromatic heterocycles. The van der Waals surface area contributed by atoms with Crippen LogP contribution >= 0.6 is 0 Å². The number of benzene rings is 1. The lowest BCUT2D eigenvalue weighted by Crippen LogP contribution is -2.28. The molecule has 0 bridgehead atoms. The summed E-state index contributed by atoms with van der Waals surface area (Å²) in [5, 5.41) is 7.31. The monoisotopic (exact) mass is 417 g/mol. The lowest BCUT2D eigenvalue weighted by atomic mass is 10.0. The predicted molar refractivity (Wildman–Crippen MR) is 114 cm³/mol. The standard InChI is InChI=1S/C23H17F2N5O/c24-21(25)13-27-23(31)18-12-28-30-9-8-15(10-20(18)30)17-11-26-22-16(17)6-7-19(29-22)14-4-2-1-3-5-14/h1-12,21H,13H2,(H,26,29)(H,27,31). The Hall–Kier alpha value is -4.07. The van der Waals surface area contributed by atoms with E-state index in [0.717, 1.165) is 33.4 Å². The minimum absolute atomic E-state index is 0.242. The zero-order valence-electron chi connectivity index (χ0n) is 16.2. The van der Waals surface area contributed by atoms with Crippen LogP contribution in [-0.2, 0) is 0 Å². The van der Waals surface area contributed by atoms with Gasteiger partial charge in [0.25, 0.3) is 12.3 Å². The summed E-state index contributed by atoms with van der Waals surface area (Å²) in [6, 6.07) is 17.6. The summed E-state index contributed by atoms with van der Waals surface area (Å²) >= 11 is 0. The summed E-state index contributed by atoms with van der Waals surface area (Å²) in [5.74, 6) is -0.583. The number of hydrogen-bond donors (Lipinski definition) is 2. The van der Waals surface area contributed by atoms with Crippen molar-refractivity contribution in [1.29, 1.82) is 0 Å². The lowest BCUT2D eigenvalue weighted by molar-refractivity contribution is 0.0893. The zero-order valence-corrected chi connectivity index (χ0v) is 16.2. The SMILES string of the molecule is O=C(NCC(F)F)c1cnn2ccc(-c3c[nH]c4nc(-c5ccccc5)ccc34)cc12. The highest BCUT2D eigenvalue weighted by Crippen LogP contribution is 2.31. The van der Waals surface area contributed by atoms with E-state index in [1.54, 1.807) is 10.7 Å². The number of fused-ring (bicyclic) bond motifs is 2. The highest BCUT2D eigenvalue weighted by Gasteiger charge is 2.16. The molecule has 154 valence electrons. The first-order chi connectivity index (χ1) is 15.1. The van der Waals surface area contributed by atoms with Gasteiger partial charge < -0.3 is 10.3 Å². The Labute approximate surface area is 175 Å². The molecule has 4 heterocycles. The molecule has 0 unspecified atom stereocenters. The molecule has 8 heteroatoms. The molecule has 5 rings (SSSR count). The van der Waals surface area contributed by atoms with Crippen LogP contribution in [0.4, 0.5) is 8.78 Å². The molecule has 0 atom stereocenters. The van der Waals surface area contributed by atoms with Crippen LogP contribution in [0.3, 0.4) is 0 Å². The maximum absolute atomic E-state index is 12.4. The van der Waals surface area contributed by atoms with E-state index in [0.29, 0.717) is 5.52 Å². The van der Waals surface area contributed by atoms with Gasteiger partial charge >= 0.3 is 0 Å². The fourth-order valence-corrected chi connectivity index (χ4v) is 3.60. The molecule has 0 radical (unpaired) electrons. The highest BCUT2D eigenvalue weighted by atomic mass is 19.3. The normalized spacial score (nSPS) is 11.5. The first-order valence-corrected chi connectivity index (χ1v) is 9.68. The van der Waals surface area contributed by atoms with Gasteiger partial charge in [-0.05, 0) is 29.8 Å². The molecule has 0 saturated carbocycles. The third-order valence-electron chi connectivity index (χ3n) is 5.10. The topological polar surface area (TPSA) is 75.1 Å². The number of pyridine rings is 2. The van der Waals surface area contributed by atoms with Crippen LogP contribution in [0.25, 0.3) is 38.9 Å². The molecular weight excluding hydrogens is 400 g/mol. The average Bonchev–Trinajstić information content (AvgIpc) is 3.41. The van der Waals surface area contributed by atoms with E-state index in [1.165, 1.54) is 6.20 Å². The number of rotatable bonds is 5. The van der Waals surface area contributed by atoms with Crippen LogP contribution in [0.2, 0.25) is 0 Å². The molecular formula is C23H17F2N5O. The van der Waals surface area contributed by atoms with Gasteiger partial charge in [-0.15, -0.1) is 0 Å². The molecule has 0 aliphatic rings. The number of nitrogens with zero attached hydrogens (tertiary/aromatic N) is 3. The van der Waals surface area contributed by atoms with Crippen molar-refractivity contribution in [3.05, 3.63) is 78.8 Å². The Morgan fingerprint density at radius 2 is 1.94 bits per heavy atom. The maximum atomic E-state index is 12.4. The number of amides is 1. The number of carbonyl (C=O) groups excluding carboxylic acids is 1. The summed E-state index contributed by atoms with van der Waals surface area (Å²) < 4.78 is 26.4. The van der Waals surface area contributed by atoms with Crippen molar-refractivity contribution in [2.24, 2.45) is 0 Å². The summed E-state index contributed by atoms with van der Waals surface area (Å²) in [6.45, 7) is -0.701. The molecule has 0 aliphatic carbocycles. The zero-order chi connectivity index (χ0) is 21.4. The van der Waals surface area contributed by atoms with Gasteiger partial charge in [0.1, 0.15) is 5.65 Å². The van der Waals surface area contributed by atoms with E-state index in [-0.39, 0.29) is 5.56 Å². The van der Waals surface area contributed by atoms with Crippen LogP contribution in [0.15, 0.2) is 73.2 Å². The van der Waals surface area contributed by atoms with Crippen molar-refractivity contribution >= 4 is 22.5 Å². The van der Waals surface area contributed by atoms with Crippen LogP contribution < -0.4 is 5.32 Å². The minimum atomic E-state index is -2.61. The Morgan fingerprint density at radius 1 is 1.10 bits per heavy atom. The fraction of sp³-hybridized carbons (Fsp3) is 0.0870. The number of H-pyrrole nitrogens is 1. The largest absolute Gasteiger partial charge is 0.346 e.